The van der Waals surface area contributed by atoms with Crippen LogP contribution in [0.1, 0.15) is 6.92 Å². The number of urea groups is 1. The highest BCUT2D eigenvalue weighted by Crippen LogP contribution is 2.32. The number of morpholine rings is 1. The molecule has 2 aromatic heterocycles. The number of aromatic nitrogens is 4. The number of halogens is 1. The first-order chi connectivity index (χ1) is 20.9. The summed E-state index contributed by atoms with van der Waals surface area (Å²) >= 11 is 0. The summed E-state index contributed by atoms with van der Waals surface area (Å²) < 4.78 is 20.8. The number of anilines is 4. The van der Waals surface area contributed by atoms with Crippen LogP contribution in [0.5, 0.6) is 0 Å². The Labute approximate surface area is 246 Å². The maximum atomic E-state index is 15.3. The lowest BCUT2D eigenvalue weighted by molar-refractivity contribution is -0.114. The van der Waals surface area contributed by atoms with Gasteiger partial charge in [0.15, 0.2) is 5.82 Å². The van der Waals surface area contributed by atoms with E-state index in [0.717, 1.165) is 22.3 Å². The minimum Gasteiger partial charge on any atom is -0.378 e. The van der Waals surface area contributed by atoms with Crippen molar-refractivity contribution in [2.45, 2.75) is 6.92 Å². The third-order valence-electron chi connectivity index (χ3n) is 6.82. The first-order valence-corrected chi connectivity index (χ1v) is 13.6. The van der Waals surface area contributed by atoms with Crippen molar-refractivity contribution in [3.05, 3.63) is 85.2 Å². The third kappa shape index (κ3) is 6.39. The zero-order chi connectivity index (χ0) is 29.8. The topological polar surface area (TPSA) is 134 Å². The Morgan fingerprint density at radius 2 is 1.51 bits per heavy atom. The van der Waals surface area contributed by atoms with Gasteiger partial charge in [0.25, 0.3) is 0 Å². The van der Waals surface area contributed by atoms with E-state index in [1.54, 1.807) is 42.7 Å². The quantitative estimate of drug-likeness (QED) is 0.246. The highest BCUT2D eigenvalue weighted by atomic mass is 19.1. The Bertz CT molecular complexity index is 1800. The number of fused-ring (bicyclic) bond motifs is 1. The molecule has 0 aliphatic carbocycles. The minimum absolute atomic E-state index is 0.00308. The highest BCUT2D eigenvalue weighted by Gasteiger charge is 2.19. The van der Waals surface area contributed by atoms with Gasteiger partial charge in [0, 0.05) is 60.3 Å². The molecular weight excluding hydrogens is 551 g/mol. The van der Waals surface area contributed by atoms with Crippen molar-refractivity contribution in [2.24, 2.45) is 0 Å². The molecule has 3 heterocycles. The van der Waals surface area contributed by atoms with Crippen LogP contribution in [0, 0.1) is 5.82 Å². The van der Waals surface area contributed by atoms with E-state index in [2.05, 4.69) is 30.8 Å². The van der Waals surface area contributed by atoms with Crippen LogP contribution in [0.2, 0.25) is 0 Å². The van der Waals surface area contributed by atoms with Gasteiger partial charge >= 0.3 is 6.03 Å². The highest BCUT2D eigenvalue weighted by molar-refractivity contribution is 6.00. The van der Waals surface area contributed by atoms with E-state index in [0.29, 0.717) is 54.6 Å². The van der Waals surface area contributed by atoms with Gasteiger partial charge in [-0.05, 0) is 60.2 Å². The zero-order valence-electron chi connectivity index (χ0n) is 23.2. The first-order valence-electron chi connectivity index (χ1n) is 13.6. The predicted molar refractivity (Wildman–Crippen MR) is 162 cm³/mol. The maximum Gasteiger partial charge on any atom is 0.323 e. The molecule has 0 radical (unpaired) electrons. The molecule has 1 fully saturated rings. The summed E-state index contributed by atoms with van der Waals surface area (Å²) in [6.07, 6.45) is 4.94. The summed E-state index contributed by atoms with van der Waals surface area (Å²) in [5.74, 6) is 0.256. The van der Waals surface area contributed by atoms with Crippen LogP contribution >= 0.6 is 0 Å². The molecule has 0 unspecified atom stereocenters. The molecule has 0 saturated carbocycles. The Kier molecular flexibility index (Phi) is 7.83. The number of carbonyl (C=O) groups is 2. The van der Waals surface area contributed by atoms with E-state index in [4.69, 9.17) is 14.7 Å². The van der Waals surface area contributed by atoms with E-state index in [1.165, 1.54) is 25.4 Å². The predicted octanol–water partition coefficient (Wildman–Crippen LogP) is 5.33. The SMILES string of the molecule is CC(=O)Nc1ccc(NC(=O)Nc2ccc(-c3nc(N4CCOCC4)c4ccc(-c5cncnc5)cc4n3)cc2F)cc1. The van der Waals surface area contributed by atoms with E-state index in [1.807, 2.05) is 18.2 Å². The Balaban J connectivity index is 1.27. The second-order valence-electron chi connectivity index (χ2n) is 9.86. The summed E-state index contributed by atoms with van der Waals surface area (Å²) in [7, 11) is 0. The van der Waals surface area contributed by atoms with Gasteiger partial charge in [-0.15, -0.1) is 0 Å². The van der Waals surface area contributed by atoms with Crippen molar-refractivity contribution >= 4 is 45.7 Å². The molecule has 3 amide bonds. The van der Waals surface area contributed by atoms with Crippen LogP contribution in [0.3, 0.4) is 0 Å². The molecule has 1 aliphatic heterocycles. The van der Waals surface area contributed by atoms with Crippen molar-refractivity contribution in [3.8, 4) is 22.5 Å². The van der Waals surface area contributed by atoms with Crippen LogP contribution in [0.25, 0.3) is 33.4 Å². The van der Waals surface area contributed by atoms with Crippen LogP contribution in [-0.4, -0.2) is 58.2 Å². The van der Waals surface area contributed by atoms with Gasteiger partial charge in [0.05, 0.1) is 24.4 Å². The molecule has 0 spiro atoms. The summed E-state index contributed by atoms with van der Waals surface area (Å²) in [6, 6.07) is 16.3. The van der Waals surface area contributed by atoms with Crippen molar-refractivity contribution < 1.29 is 18.7 Å². The lowest BCUT2D eigenvalue weighted by Gasteiger charge is -2.29. The van der Waals surface area contributed by atoms with Gasteiger partial charge in [-0.3, -0.25) is 4.79 Å². The average molecular weight is 579 g/mol. The van der Waals surface area contributed by atoms with Crippen molar-refractivity contribution in [2.75, 3.05) is 47.2 Å². The lowest BCUT2D eigenvalue weighted by atomic mass is 10.1. The summed E-state index contributed by atoms with van der Waals surface area (Å²) in [5.41, 5.74) is 3.97. The van der Waals surface area contributed by atoms with E-state index >= 15 is 4.39 Å². The Hall–Kier alpha value is -5.49. The van der Waals surface area contributed by atoms with E-state index in [-0.39, 0.29) is 11.6 Å². The number of nitrogens with zero attached hydrogens (tertiary/aromatic N) is 5. The summed E-state index contributed by atoms with van der Waals surface area (Å²) in [6.45, 7) is 3.91. The summed E-state index contributed by atoms with van der Waals surface area (Å²) in [4.78, 5) is 43.8. The zero-order valence-corrected chi connectivity index (χ0v) is 23.2. The molecule has 12 heteroatoms. The second-order valence-corrected chi connectivity index (χ2v) is 9.86. The third-order valence-corrected chi connectivity index (χ3v) is 6.82. The minimum atomic E-state index is -0.638. The molecule has 3 aromatic carbocycles. The molecule has 1 aliphatic rings. The number of amides is 3. The van der Waals surface area contributed by atoms with Gasteiger partial charge in [-0.1, -0.05) is 6.07 Å². The fraction of sp³-hybridized carbons (Fsp3) is 0.161. The Morgan fingerprint density at radius 1 is 0.814 bits per heavy atom. The van der Waals surface area contributed by atoms with Crippen LogP contribution in [0.4, 0.5) is 32.1 Å². The molecule has 3 N–H and O–H groups in total. The monoisotopic (exact) mass is 578 g/mol. The largest absolute Gasteiger partial charge is 0.378 e. The fourth-order valence-corrected chi connectivity index (χ4v) is 4.77. The van der Waals surface area contributed by atoms with Crippen molar-refractivity contribution in [1.29, 1.82) is 0 Å². The number of ether oxygens (including phenoxy) is 1. The summed E-state index contributed by atoms with van der Waals surface area (Å²) in [5, 5.41) is 8.70. The molecule has 43 heavy (non-hydrogen) atoms. The average Bonchev–Trinajstić information content (AvgIpc) is 3.03. The molecule has 216 valence electrons. The fourth-order valence-electron chi connectivity index (χ4n) is 4.77. The standard InChI is InChI=1S/C31H27FN8O3/c1-19(41)35-23-4-6-24(7-5-23)36-31(42)38-27-9-3-21(14-26(27)32)29-37-28-15-20(22-16-33-18-34-17-22)2-8-25(28)30(39-29)40-10-12-43-13-11-40/h2-9,14-18H,10-13H2,1H3,(H,35,41)(H2,36,38,42). The number of hydrogen-bond donors (Lipinski definition) is 3. The maximum absolute atomic E-state index is 15.3. The van der Waals surface area contributed by atoms with E-state index in [9.17, 15) is 9.59 Å². The van der Waals surface area contributed by atoms with E-state index < -0.39 is 11.8 Å². The molecule has 0 atom stereocenters. The van der Waals surface area contributed by atoms with Gasteiger partial charge in [0.2, 0.25) is 5.91 Å². The number of hydrogen-bond acceptors (Lipinski definition) is 8. The molecule has 5 aromatic rings. The van der Waals surface area contributed by atoms with Crippen LogP contribution in [-0.2, 0) is 9.53 Å². The van der Waals surface area contributed by atoms with Crippen molar-refractivity contribution in [1.82, 2.24) is 19.9 Å². The Morgan fingerprint density at radius 3 is 2.21 bits per heavy atom. The van der Waals surface area contributed by atoms with Gasteiger partial charge in [0.1, 0.15) is 18.0 Å². The number of nitrogens with one attached hydrogen (secondary N) is 3. The first kappa shape index (κ1) is 27.7. The molecule has 0 bridgehead atoms. The van der Waals surface area contributed by atoms with Gasteiger partial charge < -0.3 is 25.6 Å². The number of rotatable bonds is 6. The normalized spacial score (nSPS) is 13.0. The van der Waals surface area contributed by atoms with Gasteiger partial charge in [-0.25, -0.2) is 29.1 Å². The van der Waals surface area contributed by atoms with Gasteiger partial charge in [-0.2, -0.15) is 0 Å². The smallest absolute Gasteiger partial charge is 0.323 e. The molecular formula is C31H27FN8O3. The van der Waals surface area contributed by atoms with Crippen LogP contribution in [0.15, 0.2) is 79.4 Å². The molecule has 1 saturated heterocycles. The number of benzene rings is 3. The second kappa shape index (κ2) is 12.2. The molecule has 11 nitrogen and oxygen atoms in total. The van der Waals surface area contributed by atoms with Crippen LogP contribution < -0.4 is 20.9 Å². The lowest BCUT2D eigenvalue weighted by Crippen LogP contribution is -2.37. The van der Waals surface area contributed by atoms with Crippen molar-refractivity contribution in [3.63, 3.8) is 0 Å². The molecule has 6 rings (SSSR count). The number of carbonyl (C=O) groups excluding carboxylic acids is 2.